The largest absolute Gasteiger partial charge is 0.355 e. The Hall–Kier alpha value is -1.73. The van der Waals surface area contributed by atoms with Gasteiger partial charge >= 0.3 is 0 Å². The van der Waals surface area contributed by atoms with Gasteiger partial charge in [-0.2, -0.15) is 0 Å². The zero-order valence-corrected chi connectivity index (χ0v) is 11.9. The molecular weight excluding hydrogens is 274 g/mol. The molecule has 7 heteroatoms. The zero-order valence-electron chi connectivity index (χ0n) is 11.1. The van der Waals surface area contributed by atoms with Crippen molar-refractivity contribution in [2.75, 3.05) is 25.0 Å². The van der Waals surface area contributed by atoms with Crippen LogP contribution in [0.5, 0.6) is 0 Å². The van der Waals surface area contributed by atoms with Gasteiger partial charge in [0.25, 0.3) is 5.56 Å². The summed E-state index contributed by atoms with van der Waals surface area (Å²) in [5.74, 6) is 0.561. The van der Waals surface area contributed by atoms with E-state index in [-0.39, 0.29) is 5.56 Å². The van der Waals surface area contributed by atoms with Gasteiger partial charge in [-0.3, -0.25) is 9.78 Å². The van der Waals surface area contributed by atoms with E-state index in [1.54, 1.807) is 11.3 Å². The van der Waals surface area contributed by atoms with Crippen LogP contribution in [0.3, 0.4) is 0 Å². The number of hydrogen-bond donors (Lipinski definition) is 3. The van der Waals surface area contributed by atoms with E-state index in [0.29, 0.717) is 12.5 Å². The molecule has 0 spiro atoms. The molecule has 0 saturated heterocycles. The topological polar surface area (TPSA) is 82.7 Å². The molecular formula is C13H17N5OS. The van der Waals surface area contributed by atoms with Gasteiger partial charge in [-0.1, -0.05) is 0 Å². The average molecular weight is 291 g/mol. The van der Waals surface area contributed by atoms with Crippen LogP contribution in [0, 0.1) is 0 Å². The summed E-state index contributed by atoms with van der Waals surface area (Å²) >= 11 is 1.59. The van der Waals surface area contributed by atoms with Crippen molar-refractivity contribution in [2.45, 2.75) is 19.3 Å². The summed E-state index contributed by atoms with van der Waals surface area (Å²) in [6.45, 7) is 2.43. The fourth-order valence-electron chi connectivity index (χ4n) is 2.31. The zero-order chi connectivity index (χ0) is 13.8. The van der Waals surface area contributed by atoms with Gasteiger partial charge in [0.15, 0.2) is 0 Å². The number of nitrogens with zero attached hydrogens (tertiary/aromatic N) is 2. The second kappa shape index (κ2) is 6.15. The van der Waals surface area contributed by atoms with Crippen LogP contribution < -0.4 is 16.2 Å². The quantitative estimate of drug-likeness (QED) is 0.767. The maximum absolute atomic E-state index is 12.1. The van der Waals surface area contributed by atoms with Gasteiger partial charge in [0.1, 0.15) is 0 Å². The fourth-order valence-corrected chi connectivity index (χ4v) is 2.90. The Bertz CT molecular complexity index is 622. The van der Waals surface area contributed by atoms with E-state index in [1.807, 2.05) is 10.9 Å². The molecule has 0 unspecified atom stereocenters. The fraction of sp³-hybridized carbons (Fsp3) is 0.462. The SMILES string of the molecule is O=c1[nH]c(NCCc2cscn2)nc2c1CCNCC2. The van der Waals surface area contributed by atoms with Gasteiger partial charge in [-0.15, -0.1) is 11.3 Å². The monoisotopic (exact) mass is 291 g/mol. The molecule has 0 saturated carbocycles. The van der Waals surface area contributed by atoms with Crippen LogP contribution in [-0.2, 0) is 19.3 Å². The summed E-state index contributed by atoms with van der Waals surface area (Å²) < 4.78 is 0. The first kappa shape index (κ1) is 13.3. The number of nitrogens with one attached hydrogen (secondary N) is 3. The first-order valence-electron chi connectivity index (χ1n) is 6.76. The van der Waals surface area contributed by atoms with E-state index in [2.05, 4.69) is 25.6 Å². The molecule has 1 aliphatic heterocycles. The second-order valence-corrected chi connectivity index (χ2v) is 5.47. The third kappa shape index (κ3) is 3.05. The number of thiazole rings is 1. The Balaban J connectivity index is 1.69. The molecule has 3 N–H and O–H groups in total. The van der Waals surface area contributed by atoms with Crippen LogP contribution in [0.4, 0.5) is 5.95 Å². The molecule has 20 heavy (non-hydrogen) atoms. The van der Waals surface area contributed by atoms with E-state index in [0.717, 1.165) is 49.3 Å². The highest BCUT2D eigenvalue weighted by Crippen LogP contribution is 2.08. The molecule has 3 heterocycles. The lowest BCUT2D eigenvalue weighted by molar-refractivity contribution is 0.708. The molecule has 2 aromatic rings. The lowest BCUT2D eigenvalue weighted by atomic mass is 10.1. The van der Waals surface area contributed by atoms with Gasteiger partial charge in [-0.05, 0) is 13.0 Å². The summed E-state index contributed by atoms with van der Waals surface area (Å²) in [5, 5.41) is 8.48. The number of anilines is 1. The molecule has 0 aromatic carbocycles. The van der Waals surface area contributed by atoms with Crippen LogP contribution in [0.1, 0.15) is 17.0 Å². The maximum atomic E-state index is 12.1. The van der Waals surface area contributed by atoms with Crippen molar-refractivity contribution in [1.29, 1.82) is 0 Å². The summed E-state index contributed by atoms with van der Waals surface area (Å²) in [4.78, 5) is 23.6. The highest BCUT2D eigenvalue weighted by Gasteiger charge is 2.13. The minimum absolute atomic E-state index is 0.0186. The summed E-state index contributed by atoms with van der Waals surface area (Å²) in [6.07, 6.45) is 2.38. The molecule has 0 fully saturated rings. The van der Waals surface area contributed by atoms with Crippen molar-refractivity contribution >= 4 is 17.3 Å². The maximum Gasteiger partial charge on any atom is 0.255 e. The molecule has 106 valence electrons. The van der Waals surface area contributed by atoms with Crippen molar-refractivity contribution in [2.24, 2.45) is 0 Å². The summed E-state index contributed by atoms with van der Waals surface area (Å²) in [7, 11) is 0. The summed E-state index contributed by atoms with van der Waals surface area (Å²) in [5.41, 5.74) is 4.60. The minimum atomic E-state index is -0.0186. The Labute approximate surface area is 120 Å². The Morgan fingerprint density at radius 1 is 1.35 bits per heavy atom. The Kier molecular flexibility index (Phi) is 4.08. The van der Waals surface area contributed by atoms with Crippen LogP contribution in [0.2, 0.25) is 0 Å². The van der Waals surface area contributed by atoms with E-state index in [1.165, 1.54) is 0 Å². The first-order chi connectivity index (χ1) is 9.83. The molecule has 0 aliphatic carbocycles. The lowest BCUT2D eigenvalue weighted by Crippen LogP contribution is -2.21. The van der Waals surface area contributed by atoms with Gasteiger partial charge in [0.2, 0.25) is 5.95 Å². The number of hydrogen-bond acceptors (Lipinski definition) is 6. The molecule has 0 atom stereocenters. The van der Waals surface area contributed by atoms with Gasteiger partial charge < -0.3 is 10.6 Å². The molecule has 6 nitrogen and oxygen atoms in total. The number of fused-ring (bicyclic) bond motifs is 1. The third-order valence-corrected chi connectivity index (χ3v) is 3.98. The molecule has 2 aromatic heterocycles. The van der Waals surface area contributed by atoms with Gasteiger partial charge in [0, 0.05) is 36.9 Å². The average Bonchev–Trinajstić information content (AvgIpc) is 2.83. The minimum Gasteiger partial charge on any atom is -0.355 e. The molecule has 3 rings (SSSR count). The predicted octanol–water partition coefficient (Wildman–Crippen LogP) is 0.569. The highest BCUT2D eigenvalue weighted by atomic mass is 32.1. The van der Waals surface area contributed by atoms with E-state index in [4.69, 9.17) is 0 Å². The standard InChI is InChI=1S/C13H17N5OS/c19-12-10-2-4-14-5-3-11(10)17-13(18-12)15-6-1-9-7-20-8-16-9/h7-8,14H,1-6H2,(H2,15,17,18,19). The van der Waals surface area contributed by atoms with Crippen LogP contribution in [0.15, 0.2) is 15.7 Å². The first-order valence-corrected chi connectivity index (χ1v) is 7.71. The molecule has 0 bridgehead atoms. The van der Waals surface area contributed by atoms with Gasteiger partial charge in [-0.25, -0.2) is 9.97 Å². The van der Waals surface area contributed by atoms with Crippen molar-refractivity contribution < 1.29 is 0 Å². The van der Waals surface area contributed by atoms with Crippen molar-refractivity contribution in [3.8, 4) is 0 Å². The molecule has 1 aliphatic rings. The number of H-pyrrole nitrogens is 1. The van der Waals surface area contributed by atoms with Crippen molar-refractivity contribution in [3.63, 3.8) is 0 Å². The number of aromatic amines is 1. The Morgan fingerprint density at radius 2 is 2.25 bits per heavy atom. The van der Waals surface area contributed by atoms with Crippen molar-refractivity contribution in [1.82, 2.24) is 20.3 Å². The van der Waals surface area contributed by atoms with Crippen LogP contribution >= 0.6 is 11.3 Å². The third-order valence-electron chi connectivity index (χ3n) is 3.35. The highest BCUT2D eigenvalue weighted by molar-refractivity contribution is 7.07. The van der Waals surface area contributed by atoms with E-state index >= 15 is 0 Å². The van der Waals surface area contributed by atoms with Crippen LogP contribution in [-0.4, -0.2) is 34.6 Å². The number of aromatic nitrogens is 3. The Morgan fingerprint density at radius 3 is 3.10 bits per heavy atom. The van der Waals surface area contributed by atoms with E-state index < -0.39 is 0 Å². The summed E-state index contributed by atoms with van der Waals surface area (Å²) in [6, 6.07) is 0. The van der Waals surface area contributed by atoms with Crippen molar-refractivity contribution in [3.05, 3.63) is 38.2 Å². The van der Waals surface area contributed by atoms with Gasteiger partial charge in [0.05, 0.1) is 16.9 Å². The smallest absolute Gasteiger partial charge is 0.255 e. The predicted molar refractivity (Wildman–Crippen MR) is 79.4 cm³/mol. The lowest BCUT2D eigenvalue weighted by Gasteiger charge is -2.08. The van der Waals surface area contributed by atoms with Crippen LogP contribution in [0.25, 0.3) is 0 Å². The normalized spacial score (nSPS) is 14.6. The molecule has 0 radical (unpaired) electrons. The second-order valence-electron chi connectivity index (χ2n) is 4.75. The number of rotatable bonds is 4. The van der Waals surface area contributed by atoms with E-state index in [9.17, 15) is 4.79 Å². The molecule has 0 amide bonds.